The zero-order valence-corrected chi connectivity index (χ0v) is 19.0. The van der Waals surface area contributed by atoms with Gasteiger partial charge in [-0.1, -0.05) is 0 Å². The van der Waals surface area contributed by atoms with Crippen molar-refractivity contribution in [3.63, 3.8) is 0 Å². The van der Waals surface area contributed by atoms with Gasteiger partial charge in [-0.2, -0.15) is 0 Å². The molecule has 0 unspecified atom stereocenters. The van der Waals surface area contributed by atoms with Gasteiger partial charge in [-0.05, 0) is 52.7 Å². The van der Waals surface area contributed by atoms with Crippen LogP contribution in [0.3, 0.4) is 0 Å². The van der Waals surface area contributed by atoms with E-state index < -0.39 is 11.7 Å². The van der Waals surface area contributed by atoms with E-state index in [0.29, 0.717) is 24.2 Å². The lowest BCUT2D eigenvalue weighted by atomic mass is 10.1. The highest BCUT2D eigenvalue weighted by atomic mass is 32.2. The van der Waals surface area contributed by atoms with Crippen LogP contribution in [0, 0.1) is 0 Å². The molecular formula is C21H29N5O3S. The highest BCUT2D eigenvalue weighted by Crippen LogP contribution is 2.45. The Balaban J connectivity index is 1.70. The molecule has 1 aliphatic carbocycles. The Morgan fingerprint density at radius 2 is 2.03 bits per heavy atom. The van der Waals surface area contributed by atoms with E-state index in [-0.39, 0.29) is 0 Å². The van der Waals surface area contributed by atoms with Gasteiger partial charge in [0, 0.05) is 24.2 Å². The predicted molar refractivity (Wildman–Crippen MR) is 116 cm³/mol. The van der Waals surface area contributed by atoms with Gasteiger partial charge in [-0.3, -0.25) is 0 Å². The number of nitrogens with one attached hydrogen (secondary N) is 1. The lowest BCUT2D eigenvalue weighted by molar-refractivity contribution is 0.0527. The summed E-state index contributed by atoms with van der Waals surface area (Å²) in [4.78, 5) is 29.9. The van der Waals surface area contributed by atoms with Crippen molar-refractivity contribution in [2.75, 3.05) is 19.9 Å². The second-order valence-electron chi connectivity index (χ2n) is 8.18. The number of rotatable bonds is 8. The van der Waals surface area contributed by atoms with Crippen molar-refractivity contribution >= 4 is 17.9 Å². The summed E-state index contributed by atoms with van der Waals surface area (Å²) in [5.41, 5.74) is 2.29. The number of aromatic nitrogens is 4. The van der Waals surface area contributed by atoms with Gasteiger partial charge in [-0.15, -0.1) is 11.8 Å². The van der Waals surface area contributed by atoms with Gasteiger partial charge in [0.2, 0.25) is 5.88 Å². The van der Waals surface area contributed by atoms with Crippen LogP contribution in [-0.4, -0.2) is 51.5 Å². The molecular weight excluding hydrogens is 402 g/mol. The number of carbonyl (C=O) groups is 1. The third kappa shape index (κ3) is 5.81. The van der Waals surface area contributed by atoms with Gasteiger partial charge in [0.15, 0.2) is 5.82 Å². The molecule has 3 rings (SSSR count). The van der Waals surface area contributed by atoms with Crippen LogP contribution in [0.1, 0.15) is 57.2 Å². The molecule has 1 amide bonds. The fourth-order valence-electron chi connectivity index (χ4n) is 3.06. The van der Waals surface area contributed by atoms with E-state index in [1.807, 2.05) is 33.2 Å². The second-order valence-corrected chi connectivity index (χ2v) is 8.97. The molecule has 2 aromatic heterocycles. The highest BCUT2D eigenvalue weighted by molar-refractivity contribution is 7.98. The maximum absolute atomic E-state index is 11.8. The monoisotopic (exact) mass is 431 g/mol. The minimum Gasteiger partial charge on any atom is -0.480 e. The number of methoxy groups -OCH3 is 1. The Kier molecular flexibility index (Phi) is 7.12. The van der Waals surface area contributed by atoms with Crippen LogP contribution in [0.2, 0.25) is 0 Å². The fraction of sp³-hybridized carbons (Fsp3) is 0.571. The van der Waals surface area contributed by atoms with Gasteiger partial charge >= 0.3 is 6.09 Å². The smallest absolute Gasteiger partial charge is 0.407 e. The number of ether oxygens (including phenoxy) is 2. The molecule has 1 fully saturated rings. The zero-order chi connectivity index (χ0) is 21.7. The molecule has 30 heavy (non-hydrogen) atoms. The number of nitrogens with zero attached hydrogens (tertiary/aromatic N) is 4. The normalized spacial score (nSPS) is 13.8. The van der Waals surface area contributed by atoms with E-state index in [4.69, 9.17) is 14.5 Å². The molecule has 9 heteroatoms. The third-order valence-corrected chi connectivity index (χ3v) is 5.27. The Bertz CT molecular complexity index is 897. The van der Waals surface area contributed by atoms with E-state index in [0.717, 1.165) is 47.5 Å². The molecule has 0 saturated heterocycles. The topological polar surface area (TPSA) is 99.1 Å². The predicted octanol–water partition coefficient (Wildman–Crippen LogP) is 4.00. The number of amides is 1. The molecule has 1 saturated carbocycles. The summed E-state index contributed by atoms with van der Waals surface area (Å²) in [5, 5.41) is 3.69. The Hall–Kier alpha value is -2.42. The first kappa shape index (κ1) is 22.3. The van der Waals surface area contributed by atoms with Crippen LogP contribution >= 0.6 is 11.8 Å². The molecule has 0 aromatic carbocycles. The van der Waals surface area contributed by atoms with Gasteiger partial charge in [0.25, 0.3) is 0 Å². The second kappa shape index (κ2) is 9.59. The summed E-state index contributed by atoms with van der Waals surface area (Å²) in [5.74, 6) is 1.53. The van der Waals surface area contributed by atoms with E-state index in [2.05, 4.69) is 20.3 Å². The molecule has 1 aliphatic rings. The number of aryl methyl sites for hydroxylation is 1. The van der Waals surface area contributed by atoms with Gasteiger partial charge in [-0.25, -0.2) is 24.7 Å². The van der Waals surface area contributed by atoms with Crippen LogP contribution < -0.4 is 10.1 Å². The first-order valence-corrected chi connectivity index (χ1v) is 11.3. The summed E-state index contributed by atoms with van der Waals surface area (Å²) >= 11 is 1.58. The van der Waals surface area contributed by atoms with Crippen LogP contribution in [0.4, 0.5) is 4.79 Å². The number of alkyl carbamates (subject to hydrolysis) is 1. The van der Waals surface area contributed by atoms with Crippen LogP contribution in [0.15, 0.2) is 17.6 Å². The third-order valence-electron chi connectivity index (χ3n) is 4.53. The van der Waals surface area contributed by atoms with Crippen LogP contribution in [0.5, 0.6) is 5.88 Å². The van der Waals surface area contributed by atoms with Crippen LogP contribution in [0.25, 0.3) is 11.4 Å². The number of hydrogen-bond acceptors (Lipinski definition) is 8. The van der Waals surface area contributed by atoms with Crippen molar-refractivity contribution in [3.8, 4) is 17.3 Å². The lowest BCUT2D eigenvalue weighted by Gasteiger charge is -2.19. The van der Waals surface area contributed by atoms with E-state index >= 15 is 0 Å². The maximum atomic E-state index is 11.8. The average molecular weight is 432 g/mol. The number of thioether (sulfide) groups is 1. The largest absolute Gasteiger partial charge is 0.480 e. The summed E-state index contributed by atoms with van der Waals surface area (Å²) < 4.78 is 10.7. The van der Waals surface area contributed by atoms with Gasteiger partial charge < -0.3 is 14.8 Å². The molecule has 0 atom stereocenters. The quantitative estimate of drug-likeness (QED) is 0.380. The van der Waals surface area contributed by atoms with E-state index in [1.165, 1.54) is 6.33 Å². The molecule has 2 heterocycles. The lowest BCUT2D eigenvalue weighted by Crippen LogP contribution is -2.33. The van der Waals surface area contributed by atoms with Gasteiger partial charge in [0.05, 0.1) is 12.8 Å². The fourth-order valence-corrected chi connectivity index (χ4v) is 3.65. The van der Waals surface area contributed by atoms with Crippen molar-refractivity contribution in [2.24, 2.45) is 0 Å². The molecule has 1 N–H and O–H groups in total. The summed E-state index contributed by atoms with van der Waals surface area (Å²) in [6.07, 6.45) is 8.74. The van der Waals surface area contributed by atoms with Crippen molar-refractivity contribution in [2.45, 2.75) is 63.0 Å². The highest BCUT2D eigenvalue weighted by Gasteiger charge is 2.31. The van der Waals surface area contributed by atoms with E-state index in [1.54, 1.807) is 18.9 Å². The standard InChI is InChI=1S/C21H29N5O3S/c1-21(2,3)29-20(27)22-10-6-7-14-11-23-17(26-19(14)30-5)15-16(13-8-9-13)24-12-25-18(15)28-4/h11-13H,6-10H2,1-5H3,(H,22,27). The van der Waals surface area contributed by atoms with Crippen molar-refractivity contribution in [1.29, 1.82) is 0 Å². The van der Waals surface area contributed by atoms with Crippen LogP contribution in [-0.2, 0) is 11.2 Å². The molecule has 0 spiro atoms. The minimum atomic E-state index is -0.499. The maximum Gasteiger partial charge on any atom is 0.407 e. The summed E-state index contributed by atoms with van der Waals surface area (Å²) in [7, 11) is 1.60. The molecule has 0 radical (unpaired) electrons. The molecule has 0 aliphatic heterocycles. The molecule has 0 bridgehead atoms. The van der Waals surface area contributed by atoms with E-state index in [9.17, 15) is 4.79 Å². The number of hydrogen-bond donors (Lipinski definition) is 1. The van der Waals surface area contributed by atoms with Gasteiger partial charge in [0.1, 0.15) is 22.5 Å². The average Bonchev–Trinajstić information content (AvgIpc) is 3.54. The minimum absolute atomic E-state index is 0.400. The SMILES string of the molecule is COc1ncnc(C2CC2)c1-c1ncc(CCCNC(=O)OC(C)(C)C)c(SC)n1. The van der Waals surface area contributed by atoms with Crippen molar-refractivity contribution < 1.29 is 14.3 Å². The molecule has 2 aromatic rings. The zero-order valence-electron chi connectivity index (χ0n) is 18.2. The summed E-state index contributed by atoms with van der Waals surface area (Å²) in [6, 6.07) is 0. The molecule has 8 nitrogen and oxygen atoms in total. The summed E-state index contributed by atoms with van der Waals surface area (Å²) in [6.45, 7) is 6.06. The Morgan fingerprint density at radius 1 is 1.27 bits per heavy atom. The Morgan fingerprint density at radius 3 is 2.67 bits per heavy atom. The first-order valence-electron chi connectivity index (χ1n) is 10.1. The van der Waals surface area contributed by atoms with Crippen molar-refractivity contribution in [1.82, 2.24) is 25.3 Å². The Labute approximate surface area is 181 Å². The van der Waals surface area contributed by atoms with Crippen molar-refractivity contribution in [3.05, 3.63) is 23.8 Å². The molecule has 162 valence electrons. The number of carbonyl (C=O) groups excluding carboxylic acids is 1. The first-order chi connectivity index (χ1) is 14.3.